The Labute approximate surface area is 360 Å². The van der Waals surface area contributed by atoms with E-state index in [9.17, 15) is 24.0 Å². The number of nitrogens with two attached hydrogens (primary N) is 1. The van der Waals surface area contributed by atoms with Gasteiger partial charge < -0.3 is 22.1 Å². The summed E-state index contributed by atoms with van der Waals surface area (Å²) in [5.74, 6) is -2.10. The average molecular weight is 853 g/mol. The molecule has 3 rings (SSSR count). The summed E-state index contributed by atoms with van der Waals surface area (Å²) in [6.07, 6.45) is 7.30. The number of pyridine rings is 3. The quantitative estimate of drug-likeness (QED) is 0.0676. The van der Waals surface area contributed by atoms with Crippen LogP contribution < -0.4 is 24.6 Å². The van der Waals surface area contributed by atoms with Crippen LogP contribution in [0.2, 0.25) is 0 Å². The van der Waals surface area contributed by atoms with Crippen molar-refractivity contribution in [3.8, 4) is 0 Å². The van der Waals surface area contributed by atoms with Crippen LogP contribution in [-0.4, -0.2) is 80.8 Å². The summed E-state index contributed by atoms with van der Waals surface area (Å²) in [6.45, 7) is 21.5. The number of hydrogen-bond acceptors (Lipinski definition) is 12. The first-order valence-electron chi connectivity index (χ1n) is 18.3. The minimum Gasteiger partial charge on any atom is -0.460 e. The number of hydroxylamine groups is 2. The van der Waals surface area contributed by atoms with Gasteiger partial charge in [-0.15, -0.1) is 0 Å². The predicted molar refractivity (Wildman–Crippen MR) is 222 cm³/mol. The van der Waals surface area contributed by atoms with Gasteiger partial charge in [-0.2, -0.15) is 6.42 Å². The molecule has 0 radical (unpaired) electrons. The van der Waals surface area contributed by atoms with Gasteiger partial charge in [0.1, 0.15) is 27.2 Å². The Morgan fingerprint density at radius 1 is 0.737 bits per heavy atom. The Balaban J connectivity index is -0.000000682. The minimum absolute atomic E-state index is 0. The maximum Gasteiger partial charge on any atom is 1.00 e. The molecule has 0 aliphatic carbocycles. The van der Waals surface area contributed by atoms with Crippen LogP contribution in [0.5, 0.6) is 0 Å². The van der Waals surface area contributed by atoms with Crippen molar-refractivity contribution >= 4 is 45.3 Å². The van der Waals surface area contributed by atoms with E-state index in [-0.39, 0.29) is 61.1 Å². The summed E-state index contributed by atoms with van der Waals surface area (Å²) in [5, 5.41) is 1.11. The van der Waals surface area contributed by atoms with Gasteiger partial charge in [0.15, 0.2) is 11.6 Å². The molecule has 0 saturated carbocycles. The van der Waals surface area contributed by atoms with Gasteiger partial charge in [0.25, 0.3) is 0 Å². The van der Waals surface area contributed by atoms with Crippen LogP contribution >= 0.6 is 15.9 Å². The SMILES string of the molecule is Brc1ccccn1.CON(C)C(=O)[C@H](C)CC(=O)OC(C)(C)C.C[C@H](CC(=O)OC(C)(C)C)C(=O)c1ccccn1.C[C@H](N)C(=O)c1ccccn1.[CH2-]CCC.[Li+]. The van der Waals surface area contributed by atoms with E-state index in [1.165, 1.54) is 20.6 Å². The molecule has 3 aromatic heterocycles. The molecule has 0 saturated heterocycles. The number of aromatic nitrogens is 3. The van der Waals surface area contributed by atoms with Gasteiger partial charge in [0, 0.05) is 37.5 Å². The molecule has 0 spiro atoms. The molecule has 312 valence electrons. The van der Waals surface area contributed by atoms with Crippen molar-refractivity contribution in [2.45, 2.75) is 112 Å². The molecule has 0 unspecified atom stereocenters. The van der Waals surface area contributed by atoms with Crippen LogP contribution in [0.4, 0.5) is 0 Å². The molecule has 2 N–H and O–H groups in total. The summed E-state index contributed by atoms with van der Waals surface area (Å²) in [5.41, 5.74) is 5.15. The number of carbonyl (C=O) groups is 5. The van der Waals surface area contributed by atoms with E-state index in [0.717, 1.165) is 16.1 Å². The Bertz CT molecular complexity index is 1550. The second-order valence-corrected chi connectivity index (χ2v) is 15.2. The fourth-order valence-corrected chi connectivity index (χ4v) is 3.96. The zero-order valence-corrected chi connectivity index (χ0v) is 37.8. The minimum atomic E-state index is -0.523. The number of ketones is 2. The van der Waals surface area contributed by atoms with Crippen LogP contribution in [0, 0.1) is 18.8 Å². The smallest absolute Gasteiger partial charge is 0.460 e. The standard InChI is InChI=1S/C14H19NO3.C11H21NO4.C8H10N2O.C5H4BrN.C4H9.Li/c1-10(9-12(16)18-14(2,3)4)13(17)11-7-5-6-8-15-11;1-8(10(14)12(5)15-6)7-9(13)16-11(2,3)4;1-6(9)8(11)7-4-2-3-5-10-7;6-5-3-1-2-4-7-5;1-3-4-2;/h5-8,10H,9H2,1-4H3;8H,7H2,1-6H3;2-6H,9H2,1H3;1-4H;1,3-4H2,2H3;/q;;;;-1;+1/t10-;8-;6-;;;/m110.../s1. The summed E-state index contributed by atoms with van der Waals surface area (Å²) in [6, 6.07) is 15.6. The van der Waals surface area contributed by atoms with E-state index in [2.05, 4.69) is 44.7 Å². The number of nitrogens with zero attached hydrogens (tertiary/aromatic N) is 4. The van der Waals surface area contributed by atoms with Crippen LogP contribution in [0.3, 0.4) is 0 Å². The number of Topliss-reactive ketones (excluding diaryl/α,β-unsaturated/α-hetero) is 2. The summed E-state index contributed by atoms with van der Waals surface area (Å²) in [4.78, 5) is 74.3. The molecule has 3 aromatic rings. The number of unbranched alkanes of at least 4 members (excludes halogenated alkanes) is 1. The number of esters is 2. The van der Waals surface area contributed by atoms with Crippen LogP contribution in [0.1, 0.15) is 116 Å². The van der Waals surface area contributed by atoms with Crippen molar-refractivity contribution in [3.05, 3.63) is 96.1 Å². The van der Waals surface area contributed by atoms with Crippen molar-refractivity contribution < 1.29 is 57.1 Å². The van der Waals surface area contributed by atoms with Crippen LogP contribution in [0.15, 0.2) is 77.8 Å². The van der Waals surface area contributed by atoms with Gasteiger partial charge in [-0.3, -0.25) is 38.8 Å². The Kier molecular flexibility index (Phi) is 31.5. The first-order valence-corrected chi connectivity index (χ1v) is 19.1. The average Bonchev–Trinajstić information content (AvgIpc) is 3.13. The maximum absolute atomic E-state index is 12.0. The van der Waals surface area contributed by atoms with Gasteiger partial charge in [0.2, 0.25) is 5.91 Å². The van der Waals surface area contributed by atoms with E-state index >= 15 is 0 Å². The number of hydrogen-bond donors (Lipinski definition) is 1. The third-order valence-corrected chi connectivity index (χ3v) is 6.94. The molecule has 13 nitrogen and oxygen atoms in total. The first kappa shape index (κ1) is 57.5. The first-order chi connectivity index (χ1) is 26.0. The van der Waals surface area contributed by atoms with Gasteiger partial charge >= 0.3 is 30.8 Å². The number of amides is 1. The molecule has 15 heteroatoms. The van der Waals surface area contributed by atoms with Crippen molar-refractivity contribution in [1.29, 1.82) is 0 Å². The third kappa shape index (κ3) is 30.9. The molecule has 57 heavy (non-hydrogen) atoms. The number of ether oxygens (including phenoxy) is 2. The monoisotopic (exact) mass is 851 g/mol. The number of halogens is 1. The van der Waals surface area contributed by atoms with Gasteiger partial charge in [0.05, 0.1) is 26.0 Å². The second kappa shape index (κ2) is 31.2. The van der Waals surface area contributed by atoms with Gasteiger partial charge in [-0.1, -0.05) is 45.4 Å². The van der Waals surface area contributed by atoms with Crippen LogP contribution in [0.25, 0.3) is 0 Å². The maximum atomic E-state index is 12.0. The molecule has 0 aromatic carbocycles. The van der Waals surface area contributed by atoms with Crippen molar-refractivity contribution in [2.75, 3.05) is 14.2 Å². The van der Waals surface area contributed by atoms with Crippen LogP contribution in [-0.2, 0) is 28.7 Å². The fourth-order valence-electron chi connectivity index (χ4n) is 3.69. The fraction of sp³-hybridized carbons (Fsp3) is 0.500. The molecule has 0 aliphatic heterocycles. The Morgan fingerprint density at radius 2 is 1.12 bits per heavy atom. The predicted octanol–water partition coefficient (Wildman–Crippen LogP) is 5.09. The van der Waals surface area contributed by atoms with E-state index in [4.69, 9.17) is 20.0 Å². The summed E-state index contributed by atoms with van der Waals surface area (Å²) < 4.78 is 11.2. The van der Waals surface area contributed by atoms with E-state index in [0.29, 0.717) is 11.4 Å². The van der Waals surface area contributed by atoms with Crippen molar-refractivity contribution in [3.63, 3.8) is 0 Å². The van der Waals surface area contributed by atoms with Gasteiger partial charge in [-0.25, -0.2) is 10.0 Å². The molecular formula is C42H63BrLiN5O8. The zero-order chi connectivity index (χ0) is 43.5. The second-order valence-electron chi connectivity index (χ2n) is 14.4. The molecule has 0 fully saturated rings. The Morgan fingerprint density at radius 3 is 1.40 bits per heavy atom. The molecule has 0 bridgehead atoms. The van der Waals surface area contributed by atoms with E-state index in [1.807, 2.05) is 18.2 Å². The van der Waals surface area contributed by atoms with Crippen molar-refractivity contribution in [1.82, 2.24) is 20.0 Å². The molecule has 1 amide bonds. The van der Waals surface area contributed by atoms with Gasteiger partial charge in [-0.05, 0) is 101 Å². The van der Waals surface area contributed by atoms with E-state index in [1.54, 1.807) is 117 Å². The largest absolute Gasteiger partial charge is 1.00 e. The zero-order valence-electron chi connectivity index (χ0n) is 36.2. The third-order valence-electron chi connectivity index (χ3n) is 6.47. The topological polar surface area (TPSA) is 181 Å². The molecule has 0 aliphatic rings. The molecular weight excluding hydrogens is 789 g/mol. The normalized spacial score (nSPS) is 11.8. The summed E-state index contributed by atoms with van der Waals surface area (Å²) in [7, 11) is 2.91. The molecule has 3 atom stereocenters. The number of carbonyl (C=O) groups excluding carboxylic acids is 5. The number of rotatable bonds is 11. The van der Waals surface area contributed by atoms with E-state index < -0.39 is 29.1 Å². The summed E-state index contributed by atoms with van der Waals surface area (Å²) >= 11 is 3.20. The molecule has 3 heterocycles. The Hall–Kier alpha value is -3.80. The van der Waals surface area contributed by atoms with Crippen molar-refractivity contribution in [2.24, 2.45) is 17.6 Å².